The van der Waals surface area contributed by atoms with Crippen LogP contribution < -0.4 is 11.6 Å². The Morgan fingerprint density at radius 2 is 1.90 bits per heavy atom. The zero-order valence-corrected chi connectivity index (χ0v) is 23.1. The lowest BCUT2D eigenvalue weighted by Crippen LogP contribution is -2.37. The van der Waals surface area contributed by atoms with Gasteiger partial charge in [-0.1, -0.05) is 19.3 Å². The quantitative estimate of drug-likeness (QED) is 0.192. The summed E-state index contributed by atoms with van der Waals surface area (Å²) in [4.78, 5) is 40.0. The van der Waals surface area contributed by atoms with Crippen LogP contribution in [0.5, 0.6) is 0 Å². The molecule has 0 spiro atoms. The number of nitrogens with zero attached hydrogens (tertiary/aromatic N) is 1. The van der Waals surface area contributed by atoms with E-state index in [-0.39, 0.29) is 42.1 Å². The number of carbonyl (C=O) groups is 2. The van der Waals surface area contributed by atoms with Crippen LogP contribution in [-0.4, -0.2) is 47.1 Å². The van der Waals surface area contributed by atoms with Crippen LogP contribution in [0.3, 0.4) is 0 Å². The minimum atomic E-state index is -1.43. The van der Waals surface area contributed by atoms with Crippen LogP contribution >= 0.6 is 0 Å². The van der Waals surface area contributed by atoms with Crippen molar-refractivity contribution in [1.82, 2.24) is 4.98 Å². The van der Waals surface area contributed by atoms with Crippen molar-refractivity contribution in [2.24, 2.45) is 22.1 Å². The number of nitrogens with two attached hydrogens (primary N) is 1. The van der Waals surface area contributed by atoms with Gasteiger partial charge in [0.2, 0.25) is 0 Å². The van der Waals surface area contributed by atoms with Gasteiger partial charge in [-0.2, -0.15) is 0 Å². The Bertz CT molecular complexity index is 1240. The van der Waals surface area contributed by atoms with Gasteiger partial charge < -0.3 is 38.9 Å². The third-order valence-electron chi connectivity index (χ3n) is 7.36. The molecular weight excluding hydrogens is 524 g/mol. The van der Waals surface area contributed by atoms with Gasteiger partial charge >= 0.3 is 17.9 Å². The van der Waals surface area contributed by atoms with Crippen LogP contribution in [0.25, 0.3) is 0 Å². The number of carboxylic acid groups (broad SMARTS) is 1. The van der Waals surface area contributed by atoms with Crippen molar-refractivity contribution in [3.63, 3.8) is 0 Å². The van der Waals surface area contributed by atoms with Gasteiger partial charge in [0.05, 0.1) is 23.3 Å². The van der Waals surface area contributed by atoms with Crippen molar-refractivity contribution in [2.75, 3.05) is 6.61 Å². The number of aryl methyl sites for hydroxylation is 1. The number of hydrogen-bond acceptors (Lipinski definition) is 9. The number of amidine groups is 1. The zero-order valence-electron chi connectivity index (χ0n) is 23.1. The maximum atomic E-state index is 12.7. The first-order chi connectivity index (χ1) is 19.0. The largest absolute Gasteiger partial charge is 0.519 e. The molecule has 13 nitrogen and oxygen atoms in total. The molecule has 1 aliphatic heterocycles. The molecule has 220 valence electrons. The summed E-state index contributed by atoms with van der Waals surface area (Å²) in [5, 5.41) is 15.1. The molecule has 4 rings (SSSR count). The smallest absolute Gasteiger partial charge is 0.463 e. The van der Waals surface area contributed by atoms with Crippen LogP contribution in [0.1, 0.15) is 87.8 Å². The number of aromatic nitrogens is 1. The fourth-order valence-electron chi connectivity index (χ4n) is 4.92. The number of aliphatic imine (C=N–C) groups is 1. The number of nitrogens with one attached hydrogen (secondary N) is 2. The predicted octanol–water partition coefficient (Wildman–Crippen LogP) is 4.43. The van der Waals surface area contributed by atoms with Gasteiger partial charge in [-0.05, 0) is 64.5 Å². The molecular formula is C27H38N4O9. The predicted molar refractivity (Wildman–Crippen MR) is 143 cm³/mol. The molecule has 2 aromatic heterocycles. The summed E-state index contributed by atoms with van der Waals surface area (Å²) in [6.45, 7) is 5.50. The van der Waals surface area contributed by atoms with Crippen molar-refractivity contribution >= 4 is 24.3 Å². The molecule has 0 radical (unpaired) electrons. The van der Waals surface area contributed by atoms with Gasteiger partial charge in [-0.3, -0.25) is 10.2 Å². The third kappa shape index (κ3) is 8.31. The van der Waals surface area contributed by atoms with Crippen LogP contribution in [-0.2, 0) is 25.6 Å². The van der Waals surface area contributed by atoms with Crippen molar-refractivity contribution in [1.29, 1.82) is 5.41 Å². The second-order valence-electron chi connectivity index (χ2n) is 10.4. The monoisotopic (exact) mass is 562 g/mol. The van der Waals surface area contributed by atoms with Crippen LogP contribution in [0.15, 0.2) is 30.8 Å². The molecule has 0 amide bonds. The van der Waals surface area contributed by atoms with E-state index in [0.29, 0.717) is 18.2 Å². The van der Waals surface area contributed by atoms with E-state index >= 15 is 0 Å². The van der Waals surface area contributed by atoms with Gasteiger partial charge in [0, 0.05) is 5.69 Å². The van der Waals surface area contributed by atoms with Gasteiger partial charge in [0.25, 0.3) is 0 Å². The van der Waals surface area contributed by atoms with Crippen LogP contribution in [0.2, 0.25) is 0 Å². The summed E-state index contributed by atoms with van der Waals surface area (Å²) >= 11 is 0. The molecule has 0 aromatic carbocycles. The lowest BCUT2D eigenvalue weighted by molar-refractivity contribution is -0.162. The molecule has 40 heavy (non-hydrogen) atoms. The Morgan fingerprint density at radius 1 is 1.18 bits per heavy atom. The number of carbonyl (C=O) groups excluding carboxylic acids is 1. The van der Waals surface area contributed by atoms with E-state index in [1.807, 2.05) is 26.0 Å². The molecule has 2 fully saturated rings. The van der Waals surface area contributed by atoms with E-state index in [2.05, 4.69) is 23.5 Å². The number of esters is 1. The fraction of sp³-hybridized carbons (Fsp3) is 0.593. The van der Waals surface area contributed by atoms with E-state index < -0.39 is 17.4 Å². The van der Waals surface area contributed by atoms with E-state index in [1.54, 1.807) is 0 Å². The minimum Gasteiger partial charge on any atom is -0.463 e. The summed E-state index contributed by atoms with van der Waals surface area (Å²) in [5.74, 6) is 0.0236. The molecule has 2 aliphatic rings. The van der Waals surface area contributed by atoms with Gasteiger partial charge in [-0.15, -0.1) is 0 Å². The standard InChI is InChI=1S/C21H32N4O3.C6H6O6/c1-21(2,14-6-4-3-5-7-14)20(26)27-12-15-8-11-18(28-15)16-9-10-17(25-16)19(23)24-13-22;1-3-4(2-10-5(7)8)12-6(9)11-3/h9-10,13-15,18,25H,3-8,11-12H2,1-2H3,(H3,22,23,24);2H2,1H3,(H,7,8). The Kier molecular flexibility index (Phi) is 10.7. The van der Waals surface area contributed by atoms with Gasteiger partial charge in [0.1, 0.15) is 18.8 Å². The van der Waals surface area contributed by atoms with Crippen molar-refractivity contribution in [3.05, 3.63) is 45.7 Å². The average molecular weight is 563 g/mol. The summed E-state index contributed by atoms with van der Waals surface area (Å²) in [6.07, 6.45) is 6.96. The number of ether oxygens (including phenoxy) is 3. The highest BCUT2D eigenvalue weighted by atomic mass is 16.7. The molecule has 2 unspecified atom stereocenters. The lowest BCUT2D eigenvalue weighted by atomic mass is 9.71. The first-order valence-electron chi connectivity index (χ1n) is 13.3. The van der Waals surface area contributed by atoms with Crippen LogP contribution in [0, 0.1) is 23.7 Å². The van der Waals surface area contributed by atoms with Crippen molar-refractivity contribution < 1.29 is 37.7 Å². The summed E-state index contributed by atoms with van der Waals surface area (Å²) in [7, 11) is 0. The van der Waals surface area contributed by atoms with E-state index in [0.717, 1.165) is 37.7 Å². The summed E-state index contributed by atoms with van der Waals surface area (Å²) in [5.41, 5.74) is 6.96. The fourth-order valence-corrected chi connectivity index (χ4v) is 4.92. The molecule has 2 atom stereocenters. The number of aromatic amines is 1. The molecule has 1 saturated carbocycles. The first-order valence-corrected chi connectivity index (χ1v) is 13.3. The highest BCUT2D eigenvalue weighted by Crippen LogP contribution is 2.39. The van der Waals surface area contributed by atoms with Crippen molar-refractivity contribution in [3.8, 4) is 0 Å². The van der Waals surface area contributed by atoms with E-state index in [1.165, 1.54) is 26.2 Å². The Hall–Kier alpha value is -3.87. The Balaban J connectivity index is 0.000000307. The average Bonchev–Trinajstić information content (AvgIpc) is 3.67. The van der Waals surface area contributed by atoms with Gasteiger partial charge in [0.15, 0.2) is 18.1 Å². The van der Waals surface area contributed by atoms with Crippen molar-refractivity contribution in [2.45, 2.75) is 84.5 Å². The maximum Gasteiger partial charge on any atom is 0.519 e. The number of rotatable bonds is 9. The summed E-state index contributed by atoms with van der Waals surface area (Å²) in [6, 6.07) is 3.76. The summed E-state index contributed by atoms with van der Waals surface area (Å²) < 4.78 is 24.8. The Morgan fingerprint density at radius 3 is 2.52 bits per heavy atom. The number of H-pyrrole nitrogens is 1. The molecule has 0 bridgehead atoms. The van der Waals surface area contributed by atoms with E-state index in [9.17, 15) is 14.4 Å². The molecule has 13 heteroatoms. The molecule has 3 heterocycles. The van der Waals surface area contributed by atoms with Gasteiger partial charge in [-0.25, -0.2) is 14.6 Å². The molecule has 5 N–H and O–H groups in total. The first kappa shape index (κ1) is 30.7. The maximum absolute atomic E-state index is 12.7. The second kappa shape index (κ2) is 14.0. The van der Waals surface area contributed by atoms with E-state index in [4.69, 9.17) is 25.7 Å². The minimum absolute atomic E-state index is 0.0726. The second-order valence-corrected chi connectivity index (χ2v) is 10.4. The molecule has 1 saturated heterocycles. The normalized spacial score (nSPS) is 19.9. The number of hydrogen-bond donors (Lipinski definition) is 4. The SMILES string of the molecule is CC(C)(C(=O)OCC1CCC(c2ccc(C(N)=NC=N)[nH]2)O1)C1CCCCC1.Cc1oc(=O)oc1COC(=O)O. The highest BCUT2D eigenvalue weighted by molar-refractivity contribution is 5.99. The molecule has 2 aromatic rings. The zero-order chi connectivity index (χ0) is 29.3. The Labute approximate surface area is 231 Å². The lowest BCUT2D eigenvalue weighted by Gasteiger charge is -2.35. The highest BCUT2D eigenvalue weighted by Gasteiger charge is 2.39. The topological polar surface area (TPSA) is 203 Å². The van der Waals surface area contributed by atoms with Crippen LogP contribution in [0.4, 0.5) is 4.79 Å². The molecule has 1 aliphatic carbocycles. The third-order valence-corrected chi connectivity index (χ3v) is 7.36.